The van der Waals surface area contributed by atoms with Crippen LogP contribution in [-0.4, -0.2) is 56.6 Å². The molecule has 0 spiro atoms. The standard InChI is InChI=1S/C8H14N2O2S/c1-4-5-13(11,12)10-6-8(7-10)9(2)3/h1,8H,5-7H2,2-3H3. The van der Waals surface area contributed by atoms with Gasteiger partial charge in [0.2, 0.25) is 10.0 Å². The van der Waals surface area contributed by atoms with E-state index in [2.05, 4.69) is 5.92 Å². The minimum absolute atomic E-state index is 0.187. The third-order valence-corrected chi connectivity index (χ3v) is 3.83. The highest BCUT2D eigenvalue weighted by Gasteiger charge is 2.35. The van der Waals surface area contributed by atoms with E-state index in [1.54, 1.807) is 0 Å². The fourth-order valence-electron chi connectivity index (χ4n) is 1.17. The molecule has 0 saturated carbocycles. The SMILES string of the molecule is C#CCS(=O)(=O)N1CC(N(C)C)C1. The summed E-state index contributed by atoms with van der Waals surface area (Å²) >= 11 is 0. The molecule has 0 unspecified atom stereocenters. The largest absolute Gasteiger partial charge is 0.304 e. The number of nitrogens with zero attached hydrogens (tertiary/aromatic N) is 2. The Morgan fingerprint density at radius 1 is 1.54 bits per heavy atom. The summed E-state index contributed by atoms with van der Waals surface area (Å²) in [5.41, 5.74) is 0. The van der Waals surface area contributed by atoms with Crippen molar-refractivity contribution in [2.45, 2.75) is 6.04 Å². The van der Waals surface area contributed by atoms with E-state index in [1.807, 2.05) is 19.0 Å². The maximum Gasteiger partial charge on any atom is 0.225 e. The molecule has 1 rings (SSSR count). The van der Waals surface area contributed by atoms with E-state index in [9.17, 15) is 8.42 Å². The molecule has 5 heteroatoms. The Labute approximate surface area is 79.6 Å². The van der Waals surface area contributed by atoms with Gasteiger partial charge in [0.05, 0.1) is 0 Å². The van der Waals surface area contributed by atoms with Gasteiger partial charge in [0.25, 0.3) is 0 Å². The highest BCUT2D eigenvalue weighted by Crippen LogP contribution is 2.16. The van der Waals surface area contributed by atoms with Crippen LogP contribution in [-0.2, 0) is 10.0 Å². The quantitative estimate of drug-likeness (QED) is 0.562. The van der Waals surface area contributed by atoms with Gasteiger partial charge in [-0.05, 0) is 14.1 Å². The second-order valence-electron chi connectivity index (χ2n) is 3.39. The summed E-state index contributed by atoms with van der Waals surface area (Å²) in [4.78, 5) is 2.02. The van der Waals surface area contributed by atoms with Crippen LogP contribution in [0.25, 0.3) is 0 Å². The van der Waals surface area contributed by atoms with Crippen molar-refractivity contribution in [3.05, 3.63) is 0 Å². The molecule has 0 bridgehead atoms. The Balaban J connectivity index is 2.49. The summed E-state index contributed by atoms with van der Waals surface area (Å²) < 4.78 is 24.1. The molecule has 0 radical (unpaired) electrons. The Hall–Kier alpha value is -0.570. The predicted molar refractivity (Wildman–Crippen MR) is 51.7 cm³/mol. The van der Waals surface area contributed by atoms with Gasteiger partial charge in [-0.1, -0.05) is 5.92 Å². The van der Waals surface area contributed by atoms with Crippen LogP contribution >= 0.6 is 0 Å². The number of sulfonamides is 1. The fraction of sp³-hybridized carbons (Fsp3) is 0.750. The van der Waals surface area contributed by atoms with Crippen LogP contribution < -0.4 is 0 Å². The van der Waals surface area contributed by atoms with Crippen LogP contribution in [0.3, 0.4) is 0 Å². The average Bonchev–Trinajstić information content (AvgIpc) is 1.79. The molecule has 74 valence electrons. The molecule has 1 fully saturated rings. The zero-order chi connectivity index (χ0) is 10.1. The lowest BCUT2D eigenvalue weighted by molar-refractivity contribution is 0.134. The van der Waals surface area contributed by atoms with E-state index in [0.29, 0.717) is 19.1 Å². The minimum atomic E-state index is -3.17. The minimum Gasteiger partial charge on any atom is -0.304 e. The normalized spacial score (nSPS) is 19.8. The topological polar surface area (TPSA) is 40.6 Å². The number of hydrogen-bond donors (Lipinski definition) is 0. The van der Waals surface area contributed by atoms with Crippen LogP contribution in [0.1, 0.15) is 0 Å². The summed E-state index contributed by atoms with van der Waals surface area (Å²) in [7, 11) is 0.711. The lowest BCUT2D eigenvalue weighted by Crippen LogP contribution is -2.59. The van der Waals surface area contributed by atoms with E-state index >= 15 is 0 Å². The van der Waals surface area contributed by atoms with Gasteiger partial charge in [0.15, 0.2) is 0 Å². The van der Waals surface area contributed by atoms with Crippen molar-refractivity contribution in [1.29, 1.82) is 0 Å². The zero-order valence-electron chi connectivity index (χ0n) is 7.90. The summed E-state index contributed by atoms with van der Waals surface area (Å²) in [5.74, 6) is 1.97. The van der Waals surface area contributed by atoms with Gasteiger partial charge in [-0.25, -0.2) is 8.42 Å². The second kappa shape index (κ2) is 3.66. The van der Waals surface area contributed by atoms with Gasteiger partial charge in [0.1, 0.15) is 5.75 Å². The van der Waals surface area contributed by atoms with Gasteiger partial charge in [-0.2, -0.15) is 4.31 Å². The van der Waals surface area contributed by atoms with E-state index in [1.165, 1.54) is 4.31 Å². The Kier molecular flexibility index (Phi) is 2.96. The Morgan fingerprint density at radius 3 is 2.46 bits per heavy atom. The number of terminal acetylenes is 1. The fourth-order valence-corrected chi connectivity index (χ4v) is 2.36. The van der Waals surface area contributed by atoms with Gasteiger partial charge in [0, 0.05) is 19.1 Å². The smallest absolute Gasteiger partial charge is 0.225 e. The van der Waals surface area contributed by atoms with Gasteiger partial charge in [-0.15, -0.1) is 6.42 Å². The van der Waals surface area contributed by atoms with Crippen LogP contribution in [0.15, 0.2) is 0 Å². The zero-order valence-corrected chi connectivity index (χ0v) is 8.71. The van der Waals surface area contributed by atoms with Crippen molar-refractivity contribution in [2.75, 3.05) is 32.9 Å². The first kappa shape index (κ1) is 10.5. The summed E-state index contributed by atoms with van der Waals surface area (Å²) in [6.45, 7) is 1.13. The van der Waals surface area contributed by atoms with Crippen molar-refractivity contribution in [3.8, 4) is 12.3 Å². The first-order valence-electron chi connectivity index (χ1n) is 4.05. The number of hydrogen-bond acceptors (Lipinski definition) is 3. The molecule has 0 aromatic heterocycles. The van der Waals surface area contributed by atoms with Crippen molar-refractivity contribution in [2.24, 2.45) is 0 Å². The van der Waals surface area contributed by atoms with Crippen LogP contribution in [0, 0.1) is 12.3 Å². The van der Waals surface area contributed by atoms with Gasteiger partial charge >= 0.3 is 0 Å². The van der Waals surface area contributed by atoms with E-state index in [0.717, 1.165) is 0 Å². The van der Waals surface area contributed by atoms with Crippen molar-refractivity contribution in [1.82, 2.24) is 9.21 Å². The Morgan fingerprint density at radius 2 is 2.08 bits per heavy atom. The number of likely N-dealkylation sites (N-methyl/N-ethyl adjacent to an activating group) is 1. The van der Waals surface area contributed by atoms with Crippen molar-refractivity contribution < 1.29 is 8.42 Å². The van der Waals surface area contributed by atoms with E-state index in [-0.39, 0.29) is 5.75 Å². The van der Waals surface area contributed by atoms with Crippen molar-refractivity contribution >= 4 is 10.0 Å². The molecule has 0 amide bonds. The molecule has 0 aliphatic carbocycles. The molecular formula is C8H14N2O2S. The highest BCUT2D eigenvalue weighted by molar-refractivity contribution is 7.89. The lowest BCUT2D eigenvalue weighted by atomic mass is 10.2. The van der Waals surface area contributed by atoms with Gasteiger partial charge in [-0.3, -0.25) is 0 Å². The molecule has 0 aromatic carbocycles. The highest BCUT2D eigenvalue weighted by atomic mass is 32.2. The number of rotatable bonds is 3. The lowest BCUT2D eigenvalue weighted by Gasteiger charge is -2.41. The molecule has 0 atom stereocenters. The molecule has 1 aliphatic rings. The molecule has 0 N–H and O–H groups in total. The second-order valence-corrected chi connectivity index (χ2v) is 5.36. The van der Waals surface area contributed by atoms with E-state index < -0.39 is 10.0 Å². The first-order chi connectivity index (χ1) is 5.97. The molecule has 1 aliphatic heterocycles. The van der Waals surface area contributed by atoms with Crippen LogP contribution in [0.2, 0.25) is 0 Å². The third-order valence-electron chi connectivity index (χ3n) is 2.22. The maximum absolute atomic E-state index is 11.3. The molecular weight excluding hydrogens is 188 g/mol. The monoisotopic (exact) mass is 202 g/mol. The van der Waals surface area contributed by atoms with Crippen LogP contribution in [0.4, 0.5) is 0 Å². The first-order valence-corrected chi connectivity index (χ1v) is 5.66. The molecule has 0 aromatic rings. The van der Waals surface area contributed by atoms with E-state index in [4.69, 9.17) is 6.42 Å². The molecule has 1 saturated heterocycles. The summed E-state index contributed by atoms with van der Waals surface area (Å²) in [6, 6.07) is 0.340. The molecule has 1 heterocycles. The van der Waals surface area contributed by atoms with Crippen LogP contribution in [0.5, 0.6) is 0 Å². The molecule has 4 nitrogen and oxygen atoms in total. The molecule has 13 heavy (non-hydrogen) atoms. The summed E-state index contributed by atoms with van der Waals surface area (Å²) in [6.07, 6.45) is 4.96. The van der Waals surface area contributed by atoms with Gasteiger partial charge < -0.3 is 4.90 Å². The summed E-state index contributed by atoms with van der Waals surface area (Å²) in [5, 5.41) is 0. The Bertz CT molecular complexity index is 310. The van der Waals surface area contributed by atoms with Crippen molar-refractivity contribution in [3.63, 3.8) is 0 Å². The average molecular weight is 202 g/mol. The maximum atomic E-state index is 11.3. The predicted octanol–water partition coefficient (Wildman–Crippen LogP) is -0.805. The third kappa shape index (κ3) is 2.21.